The standard InChI is InChI=1S/C16H22N4O2.HI/c1-4-11(2)19-16(17-3)18-9-10-20-14(21)12-7-5-6-8-13(12)15(20)22;/h5-8,11H,4,9-10H2,1-3H3,(H2,17,18,19);1H. The Morgan fingerprint density at radius 3 is 2.26 bits per heavy atom. The molecule has 0 saturated carbocycles. The molecule has 0 aliphatic carbocycles. The summed E-state index contributed by atoms with van der Waals surface area (Å²) in [5, 5.41) is 6.35. The minimum absolute atomic E-state index is 0. The molecule has 7 heteroatoms. The summed E-state index contributed by atoms with van der Waals surface area (Å²) in [6, 6.07) is 7.22. The molecule has 0 spiro atoms. The molecular weight excluding hydrogens is 407 g/mol. The van der Waals surface area contributed by atoms with Gasteiger partial charge in [-0.15, -0.1) is 24.0 Å². The first-order valence-corrected chi connectivity index (χ1v) is 7.50. The van der Waals surface area contributed by atoms with Crippen LogP contribution in [0.3, 0.4) is 0 Å². The lowest BCUT2D eigenvalue weighted by Gasteiger charge is -2.18. The van der Waals surface area contributed by atoms with E-state index in [9.17, 15) is 9.59 Å². The van der Waals surface area contributed by atoms with Gasteiger partial charge >= 0.3 is 0 Å². The molecule has 2 amide bonds. The van der Waals surface area contributed by atoms with Crippen molar-refractivity contribution >= 4 is 41.8 Å². The molecule has 0 saturated heterocycles. The number of carbonyl (C=O) groups is 2. The summed E-state index contributed by atoms with van der Waals surface area (Å²) in [5.74, 6) is 0.213. The summed E-state index contributed by atoms with van der Waals surface area (Å²) in [6.45, 7) is 4.93. The van der Waals surface area contributed by atoms with E-state index in [4.69, 9.17) is 0 Å². The number of hydrogen-bond donors (Lipinski definition) is 2. The zero-order valence-corrected chi connectivity index (χ0v) is 16.0. The van der Waals surface area contributed by atoms with Gasteiger partial charge in [0.2, 0.25) is 0 Å². The van der Waals surface area contributed by atoms with Gasteiger partial charge in [0.25, 0.3) is 11.8 Å². The number of halogens is 1. The van der Waals surface area contributed by atoms with Crippen LogP contribution in [-0.2, 0) is 0 Å². The summed E-state index contributed by atoms with van der Waals surface area (Å²) < 4.78 is 0. The van der Waals surface area contributed by atoms with Crippen molar-refractivity contribution in [2.24, 2.45) is 4.99 Å². The second-order valence-electron chi connectivity index (χ2n) is 5.26. The Bertz CT molecular complexity index is 568. The van der Waals surface area contributed by atoms with Gasteiger partial charge in [-0.3, -0.25) is 19.5 Å². The molecule has 2 N–H and O–H groups in total. The van der Waals surface area contributed by atoms with Crippen molar-refractivity contribution in [2.45, 2.75) is 26.3 Å². The predicted octanol–water partition coefficient (Wildman–Crippen LogP) is 1.86. The van der Waals surface area contributed by atoms with Gasteiger partial charge in [0.1, 0.15) is 0 Å². The fourth-order valence-corrected chi connectivity index (χ4v) is 2.26. The highest BCUT2D eigenvalue weighted by molar-refractivity contribution is 14.0. The average Bonchev–Trinajstić information content (AvgIpc) is 2.78. The first-order valence-electron chi connectivity index (χ1n) is 7.50. The zero-order chi connectivity index (χ0) is 16.1. The number of carbonyl (C=O) groups excluding carboxylic acids is 2. The molecular formula is C16H23IN4O2. The van der Waals surface area contributed by atoms with Crippen molar-refractivity contribution < 1.29 is 9.59 Å². The second-order valence-corrected chi connectivity index (χ2v) is 5.26. The molecule has 23 heavy (non-hydrogen) atoms. The molecule has 1 aliphatic heterocycles. The largest absolute Gasteiger partial charge is 0.355 e. The molecule has 6 nitrogen and oxygen atoms in total. The van der Waals surface area contributed by atoms with E-state index in [-0.39, 0.29) is 35.8 Å². The maximum absolute atomic E-state index is 12.2. The van der Waals surface area contributed by atoms with Crippen LogP contribution in [0.1, 0.15) is 41.0 Å². The highest BCUT2D eigenvalue weighted by atomic mass is 127. The molecule has 1 aliphatic rings. The Kier molecular flexibility index (Phi) is 7.47. The van der Waals surface area contributed by atoms with E-state index in [1.165, 1.54) is 4.90 Å². The number of benzene rings is 1. The predicted molar refractivity (Wildman–Crippen MR) is 101 cm³/mol. The van der Waals surface area contributed by atoms with Crippen molar-refractivity contribution in [3.05, 3.63) is 35.4 Å². The first kappa shape index (κ1) is 19.4. The molecule has 0 radical (unpaired) electrons. The lowest BCUT2D eigenvalue weighted by molar-refractivity contribution is 0.0657. The monoisotopic (exact) mass is 430 g/mol. The summed E-state index contributed by atoms with van der Waals surface area (Å²) >= 11 is 0. The highest BCUT2D eigenvalue weighted by Gasteiger charge is 2.34. The molecule has 1 aromatic carbocycles. The summed E-state index contributed by atoms with van der Waals surface area (Å²) in [5.41, 5.74) is 0.962. The van der Waals surface area contributed by atoms with E-state index in [0.29, 0.717) is 36.2 Å². The number of imide groups is 1. The SMILES string of the molecule is CCC(C)NC(=NC)NCCN1C(=O)c2ccccc2C1=O.I. The van der Waals surface area contributed by atoms with Crippen molar-refractivity contribution in [3.63, 3.8) is 0 Å². The van der Waals surface area contributed by atoms with Gasteiger partial charge in [-0.1, -0.05) is 19.1 Å². The average molecular weight is 430 g/mol. The second kappa shape index (κ2) is 8.85. The van der Waals surface area contributed by atoms with E-state index < -0.39 is 0 Å². The highest BCUT2D eigenvalue weighted by Crippen LogP contribution is 2.21. The van der Waals surface area contributed by atoms with Gasteiger partial charge in [0.15, 0.2) is 5.96 Å². The Labute approximate surface area is 153 Å². The van der Waals surface area contributed by atoms with Crippen LogP contribution in [0.5, 0.6) is 0 Å². The number of fused-ring (bicyclic) bond motifs is 1. The van der Waals surface area contributed by atoms with Crippen LogP contribution in [0, 0.1) is 0 Å². The number of rotatable bonds is 5. The Morgan fingerprint density at radius 2 is 1.78 bits per heavy atom. The summed E-state index contributed by atoms with van der Waals surface area (Å²) in [4.78, 5) is 29.8. The quantitative estimate of drug-likeness (QED) is 0.324. The number of nitrogens with zero attached hydrogens (tertiary/aromatic N) is 2. The smallest absolute Gasteiger partial charge is 0.261 e. The normalized spacial score (nSPS) is 15.1. The number of nitrogens with one attached hydrogen (secondary N) is 2. The van der Waals surface area contributed by atoms with Crippen molar-refractivity contribution in [1.29, 1.82) is 0 Å². The molecule has 1 aromatic rings. The Morgan fingerprint density at radius 1 is 1.22 bits per heavy atom. The van der Waals surface area contributed by atoms with Crippen molar-refractivity contribution in [2.75, 3.05) is 20.1 Å². The molecule has 0 fully saturated rings. The number of guanidine groups is 1. The molecule has 0 aromatic heterocycles. The van der Waals surface area contributed by atoms with E-state index >= 15 is 0 Å². The number of amides is 2. The summed E-state index contributed by atoms with van der Waals surface area (Å²) in [6.07, 6.45) is 0.985. The van der Waals surface area contributed by atoms with E-state index in [2.05, 4.69) is 29.5 Å². The molecule has 1 unspecified atom stereocenters. The fourth-order valence-electron chi connectivity index (χ4n) is 2.26. The zero-order valence-electron chi connectivity index (χ0n) is 13.6. The van der Waals surface area contributed by atoms with Gasteiger partial charge in [0, 0.05) is 26.2 Å². The van der Waals surface area contributed by atoms with E-state index in [1.54, 1.807) is 31.3 Å². The van der Waals surface area contributed by atoms with Gasteiger partial charge < -0.3 is 10.6 Å². The first-order chi connectivity index (χ1) is 10.6. The Hall–Kier alpha value is -1.64. The van der Waals surface area contributed by atoms with Crippen LogP contribution in [0.25, 0.3) is 0 Å². The number of hydrogen-bond acceptors (Lipinski definition) is 3. The lowest BCUT2D eigenvalue weighted by atomic mass is 10.1. The lowest BCUT2D eigenvalue weighted by Crippen LogP contribution is -2.45. The van der Waals surface area contributed by atoms with Gasteiger partial charge in [0.05, 0.1) is 11.1 Å². The Balaban J connectivity index is 0.00000264. The summed E-state index contributed by atoms with van der Waals surface area (Å²) in [7, 11) is 1.69. The van der Waals surface area contributed by atoms with Gasteiger partial charge in [-0.05, 0) is 25.5 Å². The number of aliphatic imine (C=N–C) groups is 1. The van der Waals surface area contributed by atoms with E-state index in [1.807, 2.05) is 0 Å². The topological polar surface area (TPSA) is 73.8 Å². The minimum Gasteiger partial charge on any atom is -0.355 e. The molecule has 2 rings (SSSR count). The maximum atomic E-state index is 12.2. The fraction of sp³-hybridized carbons (Fsp3) is 0.438. The molecule has 1 atom stereocenters. The third-order valence-electron chi connectivity index (χ3n) is 3.73. The van der Waals surface area contributed by atoms with Crippen LogP contribution in [0.2, 0.25) is 0 Å². The van der Waals surface area contributed by atoms with Gasteiger partial charge in [-0.25, -0.2) is 0 Å². The minimum atomic E-state index is -0.229. The van der Waals surface area contributed by atoms with Crippen LogP contribution in [0.4, 0.5) is 0 Å². The third kappa shape index (κ3) is 4.43. The third-order valence-corrected chi connectivity index (χ3v) is 3.73. The van der Waals surface area contributed by atoms with Crippen molar-refractivity contribution in [3.8, 4) is 0 Å². The molecule has 0 bridgehead atoms. The molecule has 1 heterocycles. The van der Waals surface area contributed by atoms with E-state index in [0.717, 1.165) is 6.42 Å². The van der Waals surface area contributed by atoms with Gasteiger partial charge in [-0.2, -0.15) is 0 Å². The maximum Gasteiger partial charge on any atom is 0.261 e. The van der Waals surface area contributed by atoms with Crippen LogP contribution < -0.4 is 10.6 Å². The van der Waals surface area contributed by atoms with Crippen LogP contribution >= 0.6 is 24.0 Å². The van der Waals surface area contributed by atoms with Crippen LogP contribution in [-0.4, -0.2) is 48.9 Å². The molecule has 126 valence electrons. The van der Waals surface area contributed by atoms with Crippen molar-refractivity contribution in [1.82, 2.24) is 15.5 Å². The van der Waals surface area contributed by atoms with Crippen LogP contribution in [0.15, 0.2) is 29.3 Å².